The van der Waals surface area contributed by atoms with Crippen LogP contribution in [-0.4, -0.2) is 20.3 Å². The van der Waals surface area contributed by atoms with Gasteiger partial charge in [-0.15, -0.1) is 11.8 Å². The molecule has 0 spiro atoms. The maximum absolute atomic E-state index is 9.41. The fourth-order valence-corrected chi connectivity index (χ4v) is 4.27. The van der Waals surface area contributed by atoms with Crippen molar-refractivity contribution >= 4 is 27.7 Å². The van der Waals surface area contributed by atoms with E-state index in [0.29, 0.717) is 0 Å². The number of aryl methyl sites for hydroxylation is 2. The smallest absolute Gasteiger partial charge is 0.108 e. The van der Waals surface area contributed by atoms with Crippen molar-refractivity contribution in [2.24, 2.45) is 7.05 Å². The lowest BCUT2D eigenvalue weighted by Crippen LogP contribution is -2.23. The zero-order chi connectivity index (χ0) is 12.5. The number of rotatable bonds is 3. The van der Waals surface area contributed by atoms with Crippen LogP contribution in [0, 0.1) is 11.3 Å². The molecule has 0 amide bonds. The highest BCUT2D eigenvalue weighted by atomic mass is 79.9. The van der Waals surface area contributed by atoms with Gasteiger partial charge in [-0.25, -0.2) is 0 Å². The fourth-order valence-electron chi connectivity index (χ4n) is 2.25. The first-order valence-corrected chi connectivity index (χ1v) is 7.65. The molecule has 3 nitrogen and oxygen atoms in total. The molecule has 1 unspecified atom stereocenters. The average molecular weight is 314 g/mol. The number of nitriles is 1. The second kappa shape index (κ2) is 5.03. The molecule has 1 aromatic rings. The summed E-state index contributed by atoms with van der Waals surface area (Å²) in [6.45, 7) is 2.10. The van der Waals surface area contributed by atoms with E-state index in [1.54, 1.807) is 11.8 Å². The summed E-state index contributed by atoms with van der Waals surface area (Å²) in [5, 5.41) is 13.9. The summed E-state index contributed by atoms with van der Waals surface area (Å²) in [4.78, 5) is 0. The fraction of sp³-hybridized carbons (Fsp3) is 0.667. The van der Waals surface area contributed by atoms with E-state index in [4.69, 9.17) is 0 Å². The lowest BCUT2D eigenvalue weighted by atomic mass is 9.98. The SMILES string of the molecule is CCc1nn(C)c(CC2(C#N)CCCS2)c1Br. The van der Waals surface area contributed by atoms with Gasteiger partial charge >= 0.3 is 0 Å². The lowest BCUT2D eigenvalue weighted by molar-refractivity contribution is 0.618. The Bertz CT molecular complexity index is 455. The Kier molecular flexibility index (Phi) is 3.84. The quantitative estimate of drug-likeness (QED) is 0.861. The summed E-state index contributed by atoms with van der Waals surface area (Å²) in [6.07, 6.45) is 3.85. The first kappa shape index (κ1) is 13.0. The molecule has 5 heteroatoms. The third-order valence-corrected chi connectivity index (χ3v) is 5.66. The summed E-state index contributed by atoms with van der Waals surface area (Å²) in [5.74, 6) is 1.10. The van der Waals surface area contributed by atoms with Crippen LogP contribution in [0.25, 0.3) is 0 Å². The molecule has 92 valence electrons. The van der Waals surface area contributed by atoms with Crippen molar-refractivity contribution in [3.8, 4) is 6.07 Å². The van der Waals surface area contributed by atoms with Crippen molar-refractivity contribution in [2.75, 3.05) is 5.75 Å². The zero-order valence-corrected chi connectivity index (χ0v) is 12.6. The number of halogens is 1. The van der Waals surface area contributed by atoms with Crippen molar-refractivity contribution in [2.45, 2.75) is 37.4 Å². The van der Waals surface area contributed by atoms with Gasteiger partial charge in [0.15, 0.2) is 0 Å². The molecule has 1 fully saturated rings. The predicted octanol–water partition coefficient (Wildman–Crippen LogP) is 3.08. The number of nitrogens with zero attached hydrogens (tertiary/aromatic N) is 3. The van der Waals surface area contributed by atoms with Crippen molar-refractivity contribution in [3.05, 3.63) is 15.9 Å². The summed E-state index contributed by atoms with van der Waals surface area (Å²) in [7, 11) is 1.96. The highest BCUT2D eigenvalue weighted by Crippen LogP contribution is 2.41. The molecule has 1 saturated heterocycles. The Labute approximate surface area is 115 Å². The van der Waals surface area contributed by atoms with Crippen molar-refractivity contribution < 1.29 is 0 Å². The summed E-state index contributed by atoms with van der Waals surface area (Å²) in [5.41, 5.74) is 2.23. The van der Waals surface area contributed by atoms with Crippen molar-refractivity contribution in [3.63, 3.8) is 0 Å². The number of aromatic nitrogens is 2. The molecular weight excluding hydrogens is 298 g/mol. The number of hydrogen-bond acceptors (Lipinski definition) is 3. The Hall–Kier alpha value is -0.470. The molecule has 17 heavy (non-hydrogen) atoms. The van der Waals surface area contributed by atoms with Crippen molar-refractivity contribution in [1.82, 2.24) is 9.78 Å². The molecule has 0 radical (unpaired) electrons. The topological polar surface area (TPSA) is 41.6 Å². The molecule has 2 heterocycles. The third-order valence-electron chi connectivity index (χ3n) is 3.26. The minimum Gasteiger partial charge on any atom is -0.271 e. The summed E-state index contributed by atoms with van der Waals surface area (Å²) >= 11 is 5.42. The molecule has 0 saturated carbocycles. The van der Waals surface area contributed by atoms with Crippen LogP contribution in [0.15, 0.2) is 4.47 Å². The zero-order valence-electron chi connectivity index (χ0n) is 10.2. The average Bonchev–Trinajstić information content (AvgIpc) is 2.90. The van der Waals surface area contributed by atoms with E-state index >= 15 is 0 Å². The van der Waals surface area contributed by atoms with Crippen LogP contribution >= 0.6 is 27.7 Å². The maximum atomic E-state index is 9.41. The molecule has 2 rings (SSSR count). The summed E-state index contributed by atoms with van der Waals surface area (Å²) in [6, 6.07) is 2.51. The lowest BCUT2D eigenvalue weighted by Gasteiger charge is -2.19. The Morgan fingerprint density at radius 2 is 2.41 bits per heavy atom. The Morgan fingerprint density at radius 1 is 1.65 bits per heavy atom. The van der Waals surface area contributed by atoms with Gasteiger partial charge in [0.25, 0.3) is 0 Å². The van der Waals surface area contributed by atoms with Gasteiger partial charge in [-0.05, 0) is 40.9 Å². The number of thioether (sulfide) groups is 1. The van der Waals surface area contributed by atoms with Gasteiger partial charge < -0.3 is 0 Å². The van der Waals surface area contributed by atoms with Crippen molar-refractivity contribution in [1.29, 1.82) is 5.26 Å². The maximum Gasteiger partial charge on any atom is 0.108 e. The second-order valence-corrected chi connectivity index (χ2v) is 6.69. The van der Waals surface area contributed by atoms with E-state index in [1.165, 1.54) is 0 Å². The first-order valence-electron chi connectivity index (χ1n) is 5.87. The Balaban J connectivity index is 2.30. The van der Waals surface area contributed by atoms with Crippen LogP contribution in [0.1, 0.15) is 31.2 Å². The van der Waals surface area contributed by atoms with Gasteiger partial charge in [0.2, 0.25) is 0 Å². The number of hydrogen-bond donors (Lipinski definition) is 0. The third kappa shape index (κ3) is 2.38. The molecule has 0 aliphatic carbocycles. The molecule has 1 atom stereocenters. The highest BCUT2D eigenvalue weighted by Gasteiger charge is 2.36. The van der Waals surface area contributed by atoms with Gasteiger partial charge in [0.05, 0.1) is 21.9 Å². The minimum atomic E-state index is -0.235. The first-order chi connectivity index (χ1) is 8.12. The van der Waals surface area contributed by atoms with Crippen LogP contribution in [0.3, 0.4) is 0 Å². The van der Waals surface area contributed by atoms with Gasteiger partial charge in [0.1, 0.15) is 4.75 Å². The van der Waals surface area contributed by atoms with E-state index in [9.17, 15) is 5.26 Å². The molecule has 1 aliphatic rings. The second-order valence-electron chi connectivity index (χ2n) is 4.42. The predicted molar refractivity (Wildman–Crippen MR) is 74.0 cm³/mol. The molecule has 1 aromatic heterocycles. The molecular formula is C12H16BrN3S. The van der Waals surface area contributed by atoms with Gasteiger partial charge in [-0.3, -0.25) is 4.68 Å². The van der Waals surface area contributed by atoms with E-state index in [2.05, 4.69) is 34.0 Å². The van der Waals surface area contributed by atoms with Crippen LogP contribution < -0.4 is 0 Å². The van der Waals surface area contributed by atoms with E-state index in [-0.39, 0.29) is 4.75 Å². The van der Waals surface area contributed by atoms with Gasteiger partial charge in [-0.2, -0.15) is 10.4 Å². The molecule has 0 N–H and O–H groups in total. The van der Waals surface area contributed by atoms with Gasteiger partial charge in [-0.1, -0.05) is 6.92 Å². The molecule has 1 aliphatic heterocycles. The van der Waals surface area contributed by atoms with Crippen LogP contribution in [0.4, 0.5) is 0 Å². The molecule has 0 aromatic carbocycles. The van der Waals surface area contributed by atoms with Crippen LogP contribution in [0.2, 0.25) is 0 Å². The minimum absolute atomic E-state index is 0.235. The Morgan fingerprint density at radius 3 is 2.88 bits per heavy atom. The van der Waals surface area contributed by atoms with Crippen LogP contribution in [0.5, 0.6) is 0 Å². The summed E-state index contributed by atoms with van der Waals surface area (Å²) < 4.78 is 2.77. The normalized spacial score (nSPS) is 23.9. The van der Waals surface area contributed by atoms with Crippen LogP contribution in [-0.2, 0) is 19.9 Å². The highest BCUT2D eigenvalue weighted by molar-refractivity contribution is 9.10. The van der Waals surface area contributed by atoms with Gasteiger partial charge in [0, 0.05) is 13.5 Å². The monoisotopic (exact) mass is 313 g/mol. The van der Waals surface area contributed by atoms with E-state index in [1.807, 2.05) is 11.7 Å². The van der Waals surface area contributed by atoms with E-state index in [0.717, 1.165) is 47.3 Å². The largest absolute Gasteiger partial charge is 0.271 e. The molecule has 0 bridgehead atoms. The van der Waals surface area contributed by atoms with E-state index < -0.39 is 0 Å². The standard InChI is InChI=1S/C12H16BrN3S/c1-3-9-11(13)10(16(2)15-9)7-12(8-14)5-4-6-17-12/h3-7H2,1-2H3.